The third-order valence-corrected chi connectivity index (χ3v) is 7.68. The second-order valence-corrected chi connectivity index (χ2v) is 10.5. The maximum atomic E-state index is 6.48. The van der Waals surface area contributed by atoms with Crippen molar-refractivity contribution in [3.63, 3.8) is 0 Å². The number of benzene rings is 5. The SMILES string of the molecule is CC1(C)OB(c2cc(-c3cccc4ccccc34)cc(-c3cccc4ccccc34)c2)OC1(C)C. The standard InChI is InChI=1S/C32H29BO2/c1-31(2)32(3,4)35-33(34-31)26-20-24(29-17-9-13-22-11-5-7-15-27(22)29)19-25(21-26)30-18-10-14-23-12-6-8-16-28(23)30/h5-21H,1-4H3. The monoisotopic (exact) mass is 456 g/mol. The molecule has 5 aromatic carbocycles. The summed E-state index contributed by atoms with van der Waals surface area (Å²) < 4.78 is 13.0. The molecule has 0 aliphatic carbocycles. The summed E-state index contributed by atoms with van der Waals surface area (Å²) in [6.45, 7) is 8.42. The van der Waals surface area contributed by atoms with E-state index in [1.165, 1.54) is 32.7 Å². The van der Waals surface area contributed by atoms with E-state index >= 15 is 0 Å². The average Bonchev–Trinajstić information content (AvgIpc) is 3.09. The molecule has 0 amide bonds. The molecule has 1 heterocycles. The fourth-order valence-corrected chi connectivity index (χ4v) is 5.03. The molecule has 3 heteroatoms. The van der Waals surface area contributed by atoms with Crippen LogP contribution in [-0.2, 0) is 9.31 Å². The van der Waals surface area contributed by atoms with Crippen molar-refractivity contribution in [1.29, 1.82) is 0 Å². The fourth-order valence-electron chi connectivity index (χ4n) is 5.03. The molecule has 1 aliphatic heterocycles. The lowest BCUT2D eigenvalue weighted by atomic mass is 9.76. The summed E-state index contributed by atoms with van der Waals surface area (Å²) in [7, 11) is -0.427. The maximum Gasteiger partial charge on any atom is 0.494 e. The van der Waals surface area contributed by atoms with Crippen LogP contribution < -0.4 is 5.46 Å². The minimum atomic E-state index is -0.427. The van der Waals surface area contributed by atoms with Crippen LogP contribution in [0.5, 0.6) is 0 Å². The summed E-state index contributed by atoms with van der Waals surface area (Å²) in [4.78, 5) is 0. The van der Waals surface area contributed by atoms with Crippen molar-refractivity contribution in [3.8, 4) is 22.3 Å². The van der Waals surface area contributed by atoms with Crippen LogP contribution >= 0.6 is 0 Å². The zero-order valence-electron chi connectivity index (χ0n) is 20.7. The van der Waals surface area contributed by atoms with Gasteiger partial charge < -0.3 is 9.31 Å². The molecule has 0 unspecified atom stereocenters. The smallest absolute Gasteiger partial charge is 0.399 e. The summed E-state index contributed by atoms with van der Waals surface area (Å²) in [5.41, 5.74) is 5.00. The van der Waals surface area contributed by atoms with Crippen LogP contribution in [0.15, 0.2) is 103 Å². The molecule has 0 spiro atoms. The summed E-state index contributed by atoms with van der Waals surface area (Å²) in [5, 5.41) is 4.95. The van der Waals surface area contributed by atoms with Crippen molar-refractivity contribution in [2.24, 2.45) is 0 Å². The van der Waals surface area contributed by atoms with Crippen molar-refractivity contribution >= 4 is 34.1 Å². The Labute approximate surface area is 207 Å². The van der Waals surface area contributed by atoms with E-state index in [0.717, 1.165) is 16.6 Å². The summed E-state index contributed by atoms with van der Waals surface area (Å²) >= 11 is 0. The molecule has 0 saturated carbocycles. The molecular formula is C32H29BO2. The van der Waals surface area contributed by atoms with Gasteiger partial charge in [-0.2, -0.15) is 0 Å². The normalized spacial score (nSPS) is 16.7. The first-order valence-corrected chi connectivity index (χ1v) is 12.3. The second kappa shape index (κ2) is 8.08. The highest BCUT2D eigenvalue weighted by molar-refractivity contribution is 6.62. The van der Waals surface area contributed by atoms with Crippen LogP contribution in [0, 0.1) is 0 Å². The number of hydrogen-bond donors (Lipinski definition) is 0. The molecular weight excluding hydrogens is 427 g/mol. The minimum absolute atomic E-state index is 0.396. The van der Waals surface area contributed by atoms with Crippen LogP contribution in [0.4, 0.5) is 0 Å². The van der Waals surface area contributed by atoms with E-state index in [9.17, 15) is 0 Å². The van der Waals surface area contributed by atoms with E-state index in [-0.39, 0.29) is 0 Å². The van der Waals surface area contributed by atoms with E-state index in [1.54, 1.807) is 0 Å². The molecule has 1 fully saturated rings. The number of hydrogen-bond acceptors (Lipinski definition) is 2. The van der Waals surface area contributed by atoms with Gasteiger partial charge >= 0.3 is 7.12 Å². The Morgan fingerprint density at radius 1 is 0.514 bits per heavy atom. The van der Waals surface area contributed by atoms with E-state index in [2.05, 4.69) is 131 Å². The lowest BCUT2D eigenvalue weighted by Gasteiger charge is -2.32. The van der Waals surface area contributed by atoms with Gasteiger partial charge in [-0.1, -0.05) is 97.1 Å². The van der Waals surface area contributed by atoms with Gasteiger partial charge in [0.15, 0.2) is 0 Å². The first kappa shape index (κ1) is 22.1. The molecule has 35 heavy (non-hydrogen) atoms. The largest absolute Gasteiger partial charge is 0.494 e. The predicted octanol–water partition coefficient (Wildman–Crippen LogP) is 7.63. The molecule has 2 nitrogen and oxygen atoms in total. The van der Waals surface area contributed by atoms with E-state index in [1.807, 2.05) is 0 Å². The molecule has 0 radical (unpaired) electrons. The second-order valence-electron chi connectivity index (χ2n) is 10.5. The molecule has 6 rings (SSSR count). The van der Waals surface area contributed by atoms with Gasteiger partial charge in [0.2, 0.25) is 0 Å². The summed E-state index contributed by atoms with van der Waals surface area (Å²) in [5.74, 6) is 0. The molecule has 0 N–H and O–H groups in total. The summed E-state index contributed by atoms with van der Waals surface area (Å²) in [6.07, 6.45) is 0. The third kappa shape index (κ3) is 3.76. The lowest BCUT2D eigenvalue weighted by molar-refractivity contribution is 0.00578. The van der Waals surface area contributed by atoms with Gasteiger partial charge in [-0.3, -0.25) is 0 Å². The van der Waals surface area contributed by atoms with Gasteiger partial charge in [0, 0.05) is 0 Å². The Bertz CT molecular complexity index is 1440. The van der Waals surface area contributed by atoms with E-state index in [4.69, 9.17) is 9.31 Å². The highest BCUT2D eigenvalue weighted by Crippen LogP contribution is 2.38. The zero-order chi connectivity index (χ0) is 24.2. The Hall–Kier alpha value is -3.40. The topological polar surface area (TPSA) is 18.5 Å². The van der Waals surface area contributed by atoms with Gasteiger partial charge in [-0.15, -0.1) is 0 Å². The highest BCUT2D eigenvalue weighted by atomic mass is 16.7. The molecule has 0 bridgehead atoms. The summed E-state index contributed by atoms with van der Waals surface area (Å²) in [6, 6.07) is 36.9. The Morgan fingerprint density at radius 2 is 0.943 bits per heavy atom. The van der Waals surface area contributed by atoms with Crippen LogP contribution in [0.2, 0.25) is 0 Å². The van der Waals surface area contributed by atoms with Crippen molar-refractivity contribution in [1.82, 2.24) is 0 Å². The average molecular weight is 456 g/mol. The van der Waals surface area contributed by atoms with Crippen molar-refractivity contribution in [2.45, 2.75) is 38.9 Å². The molecule has 172 valence electrons. The third-order valence-electron chi connectivity index (χ3n) is 7.68. The Balaban J connectivity index is 1.59. The highest BCUT2D eigenvalue weighted by Gasteiger charge is 2.51. The van der Waals surface area contributed by atoms with Crippen molar-refractivity contribution in [3.05, 3.63) is 103 Å². The quantitative estimate of drug-likeness (QED) is 0.260. The molecule has 1 aliphatic rings. The van der Waals surface area contributed by atoms with Crippen LogP contribution in [-0.4, -0.2) is 18.3 Å². The van der Waals surface area contributed by atoms with Crippen LogP contribution in [0.1, 0.15) is 27.7 Å². The lowest BCUT2D eigenvalue weighted by Crippen LogP contribution is -2.41. The number of fused-ring (bicyclic) bond motifs is 2. The van der Waals surface area contributed by atoms with Crippen molar-refractivity contribution in [2.75, 3.05) is 0 Å². The predicted molar refractivity (Wildman–Crippen MR) is 148 cm³/mol. The van der Waals surface area contributed by atoms with E-state index < -0.39 is 18.3 Å². The van der Waals surface area contributed by atoms with Gasteiger partial charge in [0.25, 0.3) is 0 Å². The maximum absolute atomic E-state index is 6.48. The van der Waals surface area contributed by atoms with Gasteiger partial charge in [0.1, 0.15) is 0 Å². The molecule has 1 saturated heterocycles. The fraction of sp³-hybridized carbons (Fsp3) is 0.188. The first-order valence-electron chi connectivity index (χ1n) is 12.3. The van der Waals surface area contributed by atoms with Gasteiger partial charge in [0.05, 0.1) is 11.2 Å². The van der Waals surface area contributed by atoms with E-state index in [0.29, 0.717) is 0 Å². The molecule has 0 atom stereocenters. The van der Waals surface area contributed by atoms with Crippen LogP contribution in [0.3, 0.4) is 0 Å². The van der Waals surface area contributed by atoms with Crippen LogP contribution in [0.25, 0.3) is 43.8 Å². The molecule has 5 aromatic rings. The van der Waals surface area contributed by atoms with Gasteiger partial charge in [-0.25, -0.2) is 0 Å². The molecule has 0 aromatic heterocycles. The minimum Gasteiger partial charge on any atom is -0.399 e. The van der Waals surface area contributed by atoms with Crippen molar-refractivity contribution < 1.29 is 9.31 Å². The first-order chi connectivity index (χ1) is 16.8. The Kier molecular flexibility index (Phi) is 5.10. The Morgan fingerprint density at radius 3 is 1.43 bits per heavy atom. The number of rotatable bonds is 3. The van der Waals surface area contributed by atoms with Gasteiger partial charge in [-0.05, 0) is 83.0 Å². The zero-order valence-corrected chi connectivity index (χ0v) is 20.7.